The topological polar surface area (TPSA) is 77.6 Å². The maximum Gasteiger partial charge on any atom is 0.268 e. The molecule has 0 unspecified atom stereocenters. The van der Waals surface area contributed by atoms with E-state index in [-0.39, 0.29) is 17.5 Å². The second-order valence-electron chi connectivity index (χ2n) is 6.39. The summed E-state index contributed by atoms with van der Waals surface area (Å²) in [7, 11) is 1.64. The number of carbonyl (C=O) groups excluding carboxylic acids is 1. The van der Waals surface area contributed by atoms with E-state index in [1.807, 2.05) is 24.5 Å². The Morgan fingerprint density at radius 3 is 2.92 bits per heavy atom. The van der Waals surface area contributed by atoms with Crippen LogP contribution in [0.4, 0.5) is 0 Å². The zero-order valence-electron chi connectivity index (χ0n) is 15.4. The number of rotatable bonds is 7. The number of pyridine rings is 1. The van der Waals surface area contributed by atoms with Gasteiger partial charge in [0.1, 0.15) is 17.0 Å². The number of hydrogen-bond donors (Lipinski definition) is 1. The van der Waals surface area contributed by atoms with Gasteiger partial charge in [-0.05, 0) is 38.0 Å². The summed E-state index contributed by atoms with van der Waals surface area (Å²) in [6.07, 6.45) is 3.24. The molecule has 138 valence electrons. The highest BCUT2D eigenvalue weighted by Crippen LogP contribution is 2.17. The van der Waals surface area contributed by atoms with E-state index in [0.717, 1.165) is 12.8 Å². The van der Waals surface area contributed by atoms with Gasteiger partial charge in [-0.25, -0.2) is 4.98 Å². The summed E-state index contributed by atoms with van der Waals surface area (Å²) in [5, 5.41) is 3.42. The van der Waals surface area contributed by atoms with E-state index in [1.165, 1.54) is 4.40 Å². The molecule has 0 fully saturated rings. The summed E-state index contributed by atoms with van der Waals surface area (Å²) in [6, 6.07) is 7.11. The number of ether oxygens (including phenoxy) is 1. The molecule has 3 heterocycles. The van der Waals surface area contributed by atoms with Crippen LogP contribution in [0.2, 0.25) is 0 Å². The van der Waals surface area contributed by atoms with Crippen LogP contribution in [0, 0.1) is 0 Å². The van der Waals surface area contributed by atoms with Crippen molar-refractivity contribution in [2.75, 3.05) is 13.7 Å². The number of nitrogens with one attached hydrogen (secondary N) is 1. The largest absolute Gasteiger partial charge is 0.385 e. The maximum atomic E-state index is 12.8. The Morgan fingerprint density at radius 1 is 1.38 bits per heavy atom. The highest BCUT2D eigenvalue weighted by Gasteiger charge is 2.20. The lowest BCUT2D eigenvalue weighted by Crippen LogP contribution is -2.33. The van der Waals surface area contributed by atoms with Crippen LogP contribution in [0.25, 0.3) is 16.7 Å². The van der Waals surface area contributed by atoms with E-state index in [2.05, 4.69) is 10.3 Å². The number of aromatic nitrogens is 3. The number of amides is 1. The average Bonchev–Trinajstić information content (AvgIpc) is 3.01. The Hall–Kier alpha value is -2.67. The van der Waals surface area contributed by atoms with Gasteiger partial charge in [0.15, 0.2) is 0 Å². The molecule has 0 spiro atoms. The molecule has 26 heavy (non-hydrogen) atoms. The van der Waals surface area contributed by atoms with Gasteiger partial charge in [-0.3, -0.25) is 14.0 Å². The fraction of sp³-hybridized carbons (Fsp3) is 0.421. The molecule has 0 radical (unpaired) electrons. The van der Waals surface area contributed by atoms with Crippen molar-refractivity contribution in [1.82, 2.24) is 19.3 Å². The quantitative estimate of drug-likeness (QED) is 0.659. The van der Waals surface area contributed by atoms with Crippen LogP contribution in [0.3, 0.4) is 0 Å². The number of carbonyl (C=O) groups is 1. The van der Waals surface area contributed by atoms with Crippen molar-refractivity contribution in [2.24, 2.45) is 0 Å². The number of hydrogen-bond acceptors (Lipinski definition) is 4. The van der Waals surface area contributed by atoms with E-state index >= 15 is 0 Å². The Morgan fingerprint density at radius 2 is 2.19 bits per heavy atom. The van der Waals surface area contributed by atoms with Crippen LogP contribution in [-0.2, 0) is 11.3 Å². The lowest BCUT2D eigenvalue weighted by Gasteiger charge is -2.14. The first-order valence-electron chi connectivity index (χ1n) is 8.87. The predicted molar refractivity (Wildman–Crippen MR) is 101 cm³/mol. The van der Waals surface area contributed by atoms with Crippen molar-refractivity contribution in [3.05, 3.63) is 46.5 Å². The highest BCUT2D eigenvalue weighted by molar-refractivity contribution is 5.98. The first-order valence-corrected chi connectivity index (χ1v) is 8.87. The summed E-state index contributed by atoms with van der Waals surface area (Å²) >= 11 is 0. The molecular weight excluding hydrogens is 332 g/mol. The molecule has 3 rings (SSSR count). The van der Waals surface area contributed by atoms with Crippen LogP contribution in [0.1, 0.15) is 37.2 Å². The van der Waals surface area contributed by atoms with Gasteiger partial charge in [0.05, 0.1) is 5.39 Å². The molecule has 3 aromatic heterocycles. The predicted octanol–water partition coefficient (Wildman–Crippen LogP) is 2.21. The molecular formula is C19H24N4O3. The average molecular weight is 356 g/mol. The maximum absolute atomic E-state index is 12.8. The molecule has 1 N–H and O–H groups in total. The van der Waals surface area contributed by atoms with Gasteiger partial charge in [-0.2, -0.15) is 0 Å². The minimum atomic E-state index is -0.191. The third-order valence-electron chi connectivity index (χ3n) is 4.53. The fourth-order valence-corrected chi connectivity index (χ4v) is 2.93. The normalized spacial score (nSPS) is 12.6. The van der Waals surface area contributed by atoms with E-state index in [1.54, 1.807) is 31.5 Å². The SMILES string of the molecule is CC[C@@H](C)NC(=O)c1cc2c(=O)n3ccccc3nc2n1CCCOC. The van der Waals surface area contributed by atoms with Gasteiger partial charge in [0.25, 0.3) is 11.5 Å². The third-order valence-corrected chi connectivity index (χ3v) is 4.53. The molecule has 7 nitrogen and oxygen atoms in total. The van der Waals surface area contributed by atoms with E-state index in [9.17, 15) is 9.59 Å². The minimum absolute atomic E-state index is 0.0565. The first-order chi connectivity index (χ1) is 12.6. The summed E-state index contributed by atoms with van der Waals surface area (Å²) in [5.41, 5.74) is 1.38. The second-order valence-corrected chi connectivity index (χ2v) is 6.39. The summed E-state index contributed by atoms with van der Waals surface area (Å²) in [4.78, 5) is 30.2. The van der Waals surface area contributed by atoms with Gasteiger partial charge in [0, 0.05) is 32.5 Å². The van der Waals surface area contributed by atoms with Crippen LogP contribution in [0.5, 0.6) is 0 Å². The van der Waals surface area contributed by atoms with Crippen molar-refractivity contribution in [2.45, 2.75) is 39.3 Å². The van der Waals surface area contributed by atoms with Crippen LogP contribution in [0.15, 0.2) is 35.3 Å². The Balaban J connectivity index is 2.17. The van der Waals surface area contributed by atoms with Gasteiger partial charge in [0.2, 0.25) is 0 Å². The van der Waals surface area contributed by atoms with Gasteiger partial charge in [-0.15, -0.1) is 0 Å². The minimum Gasteiger partial charge on any atom is -0.385 e. The standard InChI is InChI=1S/C19H24N4O3/c1-4-13(2)20-18(24)15-12-14-17(22(15)10-7-11-26-3)21-16-8-5-6-9-23(16)19(14)25/h5-6,8-9,12-13H,4,7,10-11H2,1-3H3,(H,20,24)/t13-/m1/s1. The van der Waals surface area contributed by atoms with Crippen LogP contribution < -0.4 is 10.9 Å². The highest BCUT2D eigenvalue weighted by atomic mass is 16.5. The van der Waals surface area contributed by atoms with E-state index in [4.69, 9.17) is 4.74 Å². The fourth-order valence-electron chi connectivity index (χ4n) is 2.93. The van der Waals surface area contributed by atoms with Crippen LogP contribution in [-0.4, -0.2) is 39.6 Å². The molecule has 1 amide bonds. The first kappa shape index (κ1) is 18.1. The summed E-state index contributed by atoms with van der Waals surface area (Å²) in [5.74, 6) is -0.191. The van der Waals surface area contributed by atoms with E-state index in [0.29, 0.717) is 35.5 Å². The summed E-state index contributed by atoms with van der Waals surface area (Å²) in [6.45, 7) is 5.09. The molecule has 1 atom stereocenters. The van der Waals surface area contributed by atoms with Gasteiger partial charge in [-0.1, -0.05) is 13.0 Å². The zero-order chi connectivity index (χ0) is 18.7. The molecule has 0 aromatic carbocycles. The Labute approximate surface area is 151 Å². The molecule has 0 saturated heterocycles. The van der Waals surface area contributed by atoms with Crippen molar-refractivity contribution >= 4 is 22.6 Å². The monoisotopic (exact) mass is 356 g/mol. The number of fused-ring (bicyclic) bond motifs is 2. The van der Waals surface area contributed by atoms with Crippen molar-refractivity contribution < 1.29 is 9.53 Å². The number of nitrogens with zero attached hydrogens (tertiary/aromatic N) is 3. The Bertz CT molecular complexity index is 990. The zero-order valence-corrected chi connectivity index (χ0v) is 15.4. The van der Waals surface area contributed by atoms with Crippen molar-refractivity contribution in [3.63, 3.8) is 0 Å². The van der Waals surface area contributed by atoms with Crippen molar-refractivity contribution in [3.8, 4) is 0 Å². The lowest BCUT2D eigenvalue weighted by atomic mass is 10.2. The molecule has 3 aromatic rings. The second kappa shape index (κ2) is 7.70. The van der Waals surface area contributed by atoms with Crippen molar-refractivity contribution in [1.29, 1.82) is 0 Å². The van der Waals surface area contributed by atoms with Gasteiger partial charge < -0.3 is 14.6 Å². The molecule has 7 heteroatoms. The number of aryl methyl sites for hydroxylation is 1. The molecule has 0 aliphatic heterocycles. The number of methoxy groups -OCH3 is 1. The molecule has 0 aliphatic rings. The summed E-state index contributed by atoms with van der Waals surface area (Å²) < 4.78 is 8.45. The van der Waals surface area contributed by atoms with Crippen LogP contribution >= 0.6 is 0 Å². The van der Waals surface area contributed by atoms with Gasteiger partial charge >= 0.3 is 0 Å². The van der Waals surface area contributed by atoms with E-state index < -0.39 is 0 Å². The molecule has 0 bridgehead atoms. The smallest absolute Gasteiger partial charge is 0.268 e. The lowest BCUT2D eigenvalue weighted by molar-refractivity contribution is 0.0929. The molecule has 0 saturated carbocycles. The Kier molecular flexibility index (Phi) is 5.37. The molecule has 0 aliphatic carbocycles. The third kappa shape index (κ3) is 3.35.